The number of carbonyl (C=O) groups excluding carboxylic acids is 1. The first-order valence-electron chi connectivity index (χ1n) is 10.5. The number of hydrogen-bond acceptors (Lipinski definition) is 5. The Kier molecular flexibility index (Phi) is 6.62. The van der Waals surface area contributed by atoms with Gasteiger partial charge in [0.2, 0.25) is 15.9 Å². The molecule has 9 heteroatoms. The number of hydrogen-bond donors (Lipinski definition) is 0. The molecule has 0 N–H and O–H groups in total. The van der Waals surface area contributed by atoms with E-state index in [1.807, 2.05) is 42.2 Å². The molecule has 1 aromatic heterocycles. The number of morpholine rings is 1. The maximum absolute atomic E-state index is 13.2. The van der Waals surface area contributed by atoms with Gasteiger partial charge in [-0.15, -0.1) is 0 Å². The van der Waals surface area contributed by atoms with E-state index >= 15 is 0 Å². The van der Waals surface area contributed by atoms with E-state index < -0.39 is 10.0 Å². The van der Waals surface area contributed by atoms with Crippen molar-refractivity contribution in [2.24, 2.45) is 5.92 Å². The van der Waals surface area contributed by atoms with Crippen LogP contribution in [0.15, 0.2) is 53.6 Å². The van der Waals surface area contributed by atoms with Gasteiger partial charge in [-0.2, -0.15) is 4.31 Å². The second-order valence-electron chi connectivity index (χ2n) is 8.06. The number of benzene rings is 1. The van der Waals surface area contributed by atoms with Gasteiger partial charge in [-0.05, 0) is 37.5 Å². The fourth-order valence-electron chi connectivity index (χ4n) is 4.29. The van der Waals surface area contributed by atoms with Crippen LogP contribution in [0.2, 0.25) is 5.15 Å². The van der Waals surface area contributed by atoms with Crippen molar-refractivity contribution in [2.75, 3.05) is 26.2 Å². The van der Waals surface area contributed by atoms with E-state index in [4.69, 9.17) is 16.3 Å². The highest BCUT2D eigenvalue weighted by molar-refractivity contribution is 7.89. The first kappa shape index (κ1) is 22.2. The highest BCUT2D eigenvalue weighted by atomic mass is 35.5. The summed E-state index contributed by atoms with van der Waals surface area (Å²) >= 11 is 6.00. The predicted octanol–water partition coefficient (Wildman–Crippen LogP) is 3.12. The lowest BCUT2D eigenvalue weighted by molar-refractivity contribution is -0.150. The molecule has 7 nitrogen and oxygen atoms in total. The van der Waals surface area contributed by atoms with Crippen LogP contribution >= 0.6 is 11.6 Å². The molecule has 2 atom stereocenters. The van der Waals surface area contributed by atoms with Crippen molar-refractivity contribution in [3.05, 3.63) is 59.4 Å². The topological polar surface area (TPSA) is 79.8 Å². The number of ether oxygens (including phenoxy) is 1. The van der Waals surface area contributed by atoms with Gasteiger partial charge in [0.25, 0.3) is 0 Å². The number of piperidine rings is 1. The van der Waals surface area contributed by atoms with E-state index in [-0.39, 0.29) is 47.2 Å². The molecule has 2 aromatic rings. The van der Waals surface area contributed by atoms with Crippen molar-refractivity contribution in [2.45, 2.75) is 36.9 Å². The maximum Gasteiger partial charge on any atom is 0.246 e. The molecule has 0 bridgehead atoms. The fraction of sp³-hybridized carbons (Fsp3) is 0.455. The Bertz CT molecular complexity index is 1030. The van der Waals surface area contributed by atoms with Crippen LogP contribution in [-0.4, -0.2) is 60.8 Å². The SMILES string of the molecule is CC1CN(C(=O)C2CCN(S(=O)(=O)c3cccnc3Cl)CC2)CC(c2ccccc2)O1. The largest absolute Gasteiger partial charge is 0.367 e. The Morgan fingerprint density at radius 2 is 1.81 bits per heavy atom. The number of nitrogens with zero attached hydrogens (tertiary/aromatic N) is 3. The number of pyridine rings is 1. The van der Waals surface area contributed by atoms with Crippen LogP contribution in [-0.2, 0) is 19.6 Å². The standard InChI is InChI=1S/C22H26ClN3O4S/c1-16-14-25(15-19(30-16)17-6-3-2-4-7-17)22(27)18-9-12-26(13-10-18)31(28,29)20-8-5-11-24-21(20)23/h2-8,11,16,18-19H,9-10,12-15H2,1H3. The summed E-state index contributed by atoms with van der Waals surface area (Å²) in [7, 11) is -3.73. The van der Waals surface area contributed by atoms with Crippen molar-refractivity contribution in [3.63, 3.8) is 0 Å². The van der Waals surface area contributed by atoms with E-state index in [9.17, 15) is 13.2 Å². The lowest BCUT2D eigenvalue weighted by atomic mass is 9.95. The average Bonchev–Trinajstić information content (AvgIpc) is 2.79. The minimum Gasteiger partial charge on any atom is -0.367 e. The third kappa shape index (κ3) is 4.77. The molecule has 2 unspecified atom stereocenters. The number of sulfonamides is 1. The van der Waals surface area contributed by atoms with Gasteiger partial charge in [-0.1, -0.05) is 41.9 Å². The van der Waals surface area contributed by atoms with Crippen molar-refractivity contribution in [1.29, 1.82) is 0 Å². The van der Waals surface area contributed by atoms with Crippen LogP contribution in [0.1, 0.15) is 31.4 Å². The summed E-state index contributed by atoms with van der Waals surface area (Å²) in [6.07, 6.45) is 2.21. The molecule has 2 aliphatic heterocycles. The van der Waals surface area contributed by atoms with E-state index in [2.05, 4.69) is 4.98 Å². The van der Waals surface area contributed by atoms with Gasteiger partial charge in [0.05, 0.1) is 12.6 Å². The molecule has 0 saturated carbocycles. The van der Waals surface area contributed by atoms with Crippen LogP contribution in [0.3, 0.4) is 0 Å². The molecular formula is C22H26ClN3O4S. The van der Waals surface area contributed by atoms with Gasteiger partial charge in [0, 0.05) is 31.7 Å². The normalized spacial score (nSPS) is 23.6. The second-order valence-corrected chi connectivity index (χ2v) is 10.3. The highest BCUT2D eigenvalue weighted by Gasteiger charge is 2.37. The Hall–Kier alpha value is -2.00. The Morgan fingerprint density at radius 3 is 2.48 bits per heavy atom. The Morgan fingerprint density at radius 1 is 1.10 bits per heavy atom. The van der Waals surface area contributed by atoms with Crippen molar-refractivity contribution in [3.8, 4) is 0 Å². The van der Waals surface area contributed by atoms with E-state index in [1.54, 1.807) is 6.07 Å². The first-order valence-corrected chi connectivity index (χ1v) is 12.3. The monoisotopic (exact) mass is 463 g/mol. The summed E-state index contributed by atoms with van der Waals surface area (Å²) in [5, 5.41) is -0.0324. The number of aromatic nitrogens is 1. The molecule has 1 aromatic carbocycles. The molecule has 4 rings (SSSR count). The van der Waals surface area contributed by atoms with Crippen LogP contribution in [0.25, 0.3) is 0 Å². The quantitative estimate of drug-likeness (QED) is 0.651. The minimum absolute atomic E-state index is 0.00847. The first-order chi connectivity index (χ1) is 14.9. The van der Waals surface area contributed by atoms with Gasteiger partial charge in [-0.3, -0.25) is 4.79 Å². The lowest BCUT2D eigenvalue weighted by Gasteiger charge is -2.40. The van der Waals surface area contributed by atoms with Crippen LogP contribution < -0.4 is 0 Å². The molecular weight excluding hydrogens is 438 g/mol. The van der Waals surface area contributed by atoms with E-state index in [0.717, 1.165) is 5.56 Å². The van der Waals surface area contributed by atoms with Gasteiger partial charge < -0.3 is 9.64 Å². The van der Waals surface area contributed by atoms with Gasteiger partial charge in [-0.25, -0.2) is 13.4 Å². The van der Waals surface area contributed by atoms with Crippen molar-refractivity contribution in [1.82, 2.24) is 14.2 Å². The third-order valence-corrected chi connectivity index (χ3v) is 8.23. The van der Waals surface area contributed by atoms with Crippen molar-refractivity contribution < 1.29 is 17.9 Å². The fourth-order valence-corrected chi connectivity index (χ4v) is 6.18. The molecule has 1 amide bonds. The summed E-state index contributed by atoms with van der Waals surface area (Å²) < 4.78 is 33.3. The average molecular weight is 464 g/mol. The molecule has 0 spiro atoms. The summed E-state index contributed by atoms with van der Waals surface area (Å²) in [6.45, 7) is 3.60. The second kappa shape index (κ2) is 9.24. The predicted molar refractivity (Wildman–Crippen MR) is 117 cm³/mol. The van der Waals surface area contributed by atoms with Crippen LogP contribution in [0.5, 0.6) is 0 Å². The number of carbonyl (C=O) groups is 1. The molecule has 31 heavy (non-hydrogen) atoms. The van der Waals surface area contributed by atoms with Gasteiger partial charge in [0.1, 0.15) is 16.2 Å². The number of amides is 1. The zero-order chi connectivity index (χ0) is 22.0. The Balaban J connectivity index is 1.40. The molecule has 0 radical (unpaired) electrons. The maximum atomic E-state index is 13.2. The summed E-state index contributed by atoms with van der Waals surface area (Å²) in [5.41, 5.74) is 1.06. The van der Waals surface area contributed by atoms with Gasteiger partial charge >= 0.3 is 0 Å². The summed E-state index contributed by atoms with van der Waals surface area (Å²) in [4.78, 5) is 19.0. The Labute approximate surface area is 188 Å². The smallest absolute Gasteiger partial charge is 0.246 e. The summed E-state index contributed by atoms with van der Waals surface area (Å²) in [6, 6.07) is 12.9. The van der Waals surface area contributed by atoms with E-state index in [1.165, 1.54) is 16.6 Å². The number of rotatable bonds is 4. The molecule has 3 heterocycles. The summed E-state index contributed by atoms with van der Waals surface area (Å²) in [5.74, 6) is -0.120. The molecule has 2 saturated heterocycles. The number of halogens is 1. The van der Waals surface area contributed by atoms with Crippen molar-refractivity contribution >= 4 is 27.5 Å². The molecule has 2 fully saturated rings. The third-order valence-electron chi connectivity index (χ3n) is 5.89. The van der Waals surface area contributed by atoms with Crippen LogP contribution in [0.4, 0.5) is 0 Å². The van der Waals surface area contributed by atoms with Gasteiger partial charge in [0.15, 0.2) is 0 Å². The minimum atomic E-state index is -3.73. The molecule has 166 valence electrons. The lowest BCUT2D eigenvalue weighted by Crippen LogP contribution is -2.50. The zero-order valence-electron chi connectivity index (χ0n) is 17.4. The zero-order valence-corrected chi connectivity index (χ0v) is 18.9. The highest BCUT2D eigenvalue weighted by Crippen LogP contribution is 2.30. The van der Waals surface area contributed by atoms with E-state index in [0.29, 0.717) is 25.9 Å². The molecule has 0 aliphatic carbocycles. The molecule has 2 aliphatic rings. The van der Waals surface area contributed by atoms with Crippen LogP contribution in [0, 0.1) is 5.92 Å².